The molecule has 2 amide bonds. The van der Waals surface area contributed by atoms with Crippen LogP contribution < -0.4 is 10.6 Å². The van der Waals surface area contributed by atoms with Gasteiger partial charge in [-0.3, -0.25) is 9.69 Å². The summed E-state index contributed by atoms with van der Waals surface area (Å²) in [5.41, 5.74) is 0.589. The number of nitrogens with zero attached hydrogens (tertiary/aromatic N) is 1. The van der Waals surface area contributed by atoms with Gasteiger partial charge in [0.1, 0.15) is 11.6 Å². The Morgan fingerprint density at radius 2 is 1.82 bits per heavy atom. The van der Waals surface area contributed by atoms with Gasteiger partial charge in [-0.15, -0.1) is 11.8 Å². The zero-order valence-electron chi connectivity index (χ0n) is 27.1. The Balaban J connectivity index is 2.20. The predicted molar refractivity (Wildman–Crippen MR) is 187 cm³/mol. The molecule has 0 unspecified atom stereocenters. The first-order chi connectivity index (χ1) is 21.2. The highest BCUT2D eigenvalue weighted by atomic mass is 33.1. The lowest BCUT2D eigenvalue weighted by Gasteiger charge is -2.24. The topological polar surface area (TPSA) is 134 Å². The summed E-state index contributed by atoms with van der Waals surface area (Å²) >= 11 is 3.25. The average Bonchev–Trinajstić information content (AvgIpc) is 3.36. The number of aliphatic carboxylic acids is 1. The normalized spacial score (nSPS) is 18.5. The fourth-order valence-electron chi connectivity index (χ4n) is 4.46. The lowest BCUT2D eigenvalue weighted by atomic mass is 10.0. The van der Waals surface area contributed by atoms with E-state index in [0.717, 1.165) is 15.7 Å². The molecule has 3 N–H and O–H groups in total. The number of rotatable bonds is 16. The Bertz CT molecular complexity index is 1140. The molecule has 1 heterocycles. The van der Waals surface area contributed by atoms with Crippen molar-refractivity contribution in [3.8, 4) is 0 Å². The van der Waals surface area contributed by atoms with Gasteiger partial charge in [0.2, 0.25) is 5.91 Å². The maximum Gasteiger partial charge on any atom is 0.408 e. The number of carboxylic acids is 1. The van der Waals surface area contributed by atoms with Gasteiger partial charge >= 0.3 is 17.4 Å². The second-order valence-corrected chi connectivity index (χ2v) is 16.5. The van der Waals surface area contributed by atoms with Gasteiger partial charge in [-0.2, -0.15) is 11.8 Å². The Labute approximate surface area is 283 Å². The molecule has 2 rings (SSSR count). The minimum absolute atomic E-state index is 0.122. The minimum Gasteiger partial charge on any atom is -0.480 e. The van der Waals surface area contributed by atoms with E-state index in [9.17, 15) is 24.3 Å². The van der Waals surface area contributed by atoms with Crippen molar-refractivity contribution in [3.05, 3.63) is 42.0 Å². The number of benzene rings is 1. The van der Waals surface area contributed by atoms with Gasteiger partial charge in [-0.1, -0.05) is 48.9 Å². The number of likely N-dealkylation sites (tertiary alicyclic amines) is 1. The highest BCUT2D eigenvalue weighted by molar-refractivity contribution is 8.82. The largest absolute Gasteiger partial charge is 0.480 e. The third kappa shape index (κ3) is 15.0. The van der Waals surface area contributed by atoms with E-state index in [1.807, 2.05) is 23.3 Å². The van der Waals surface area contributed by atoms with Gasteiger partial charge in [-0.25, -0.2) is 14.4 Å². The van der Waals surface area contributed by atoms with Crippen LogP contribution in [0, 0.1) is 0 Å². The van der Waals surface area contributed by atoms with Crippen molar-refractivity contribution in [1.29, 1.82) is 0 Å². The fourth-order valence-corrected chi connectivity index (χ4v) is 7.86. The zero-order valence-corrected chi connectivity index (χ0v) is 30.3. The highest BCUT2D eigenvalue weighted by Gasteiger charge is 2.38. The Kier molecular flexibility index (Phi) is 17.1. The predicted octanol–water partition coefficient (Wildman–Crippen LogP) is 6.26. The molecule has 1 fully saturated rings. The lowest BCUT2D eigenvalue weighted by Crippen LogP contribution is -2.49. The van der Waals surface area contributed by atoms with Gasteiger partial charge in [0.15, 0.2) is 0 Å². The number of thioether (sulfide) groups is 2. The Morgan fingerprint density at radius 3 is 2.40 bits per heavy atom. The van der Waals surface area contributed by atoms with Crippen LogP contribution in [0.3, 0.4) is 0 Å². The number of amides is 2. The number of hydrogen-bond acceptors (Lipinski definition) is 11. The van der Waals surface area contributed by atoms with Crippen LogP contribution in [0.15, 0.2) is 41.3 Å². The van der Waals surface area contributed by atoms with E-state index in [4.69, 9.17) is 4.74 Å². The molecule has 45 heavy (non-hydrogen) atoms. The van der Waals surface area contributed by atoms with E-state index in [0.29, 0.717) is 43.4 Å². The second kappa shape index (κ2) is 19.6. The summed E-state index contributed by atoms with van der Waals surface area (Å²) in [6.07, 6.45) is 5.94. The van der Waals surface area contributed by atoms with Crippen LogP contribution in [-0.2, 0) is 19.1 Å². The fraction of sp³-hybridized carbons (Fsp3) is 0.613. The second-order valence-electron chi connectivity index (χ2n) is 11.9. The molecular formula is C31H47N3O7S4. The van der Waals surface area contributed by atoms with E-state index >= 15 is 0 Å². The highest BCUT2D eigenvalue weighted by Crippen LogP contribution is 2.34. The van der Waals surface area contributed by atoms with Gasteiger partial charge in [0.25, 0.3) is 0 Å². The number of carbonyl (C=O) groups is 4. The smallest absolute Gasteiger partial charge is 0.408 e. The molecule has 1 aromatic rings. The summed E-state index contributed by atoms with van der Waals surface area (Å²) in [5.74, 6) is 0.0858. The summed E-state index contributed by atoms with van der Waals surface area (Å²) in [6, 6.07) is 6.55. The first kappa shape index (κ1) is 39.2. The molecule has 1 aliphatic heterocycles. The molecule has 1 saturated heterocycles. The first-order valence-electron chi connectivity index (χ1n) is 14.8. The zero-order chi connectivity index (χ0) is 33.6. The van der Waals surface area contributed by atoms with Gasteiger partial charge in [0.05, 0.1) is 19.2 Å². The molecular weight excluding hydrogens is 655 g/mol. The molecule has 0 bridgehead atoms. The quantitative estimate of drug-likeness (QED) is 0.102. The number of alkyl carbamates (subject to hydrolysis) is 1. The maximum atomic E-state index is 13.5. The molecule has 0 spiro atoms. The monoisotopic (exact) mass is 701 g/mol. The number of methoxy groups -OCH3 is 1. The minimum atomic E-state index is -1.05. The Hall–Kier alpha value is -2.00. The van der Waals surface area contributed by atoms with Crippen LogP contribution in [0.2, 0.25) is 0 Å². The van der Waals surface area contributed by atoms with Crippen molar-refractivity contribution < 1.29 is 33.8 Å². The van der Waals surface area contributed by atoms with Crippen LogP contribution in [0.25, 0.3) is 0 Å². The molecule has 252 valence electrons. The van der Waals surface area contributed by atoms with Crippen molar-refractivity contribution in [2.75, 3.05) is 38.0 Å². The van der Waals surface area contributed by atoms with Gasteiger partial charge < -0.3 is 25.2 Å². The summed E-state index contributed by atoms with van der Waals surface area (Å²) < 4.78 is 10.1. The van der Waals surface area contributed by atoms with Gasteiger partial charge in [0, 0.05) is 39.8 Å². The van der Waals surface area contributed by atoms with Crippen LogP contribution >= 0.6 is 45.1 Å². The van der Waals surface area contributed by atoms with E-state index in [1.165, 1.54) is 35.2 Å². The standard InChI is InChI=1S/C31H47N3O7S4/c1-20(2)21-10-12-23(13-11-21)44-24-17-26(27(35)33-25(28(36)37)14-16-42-7)34(18-24)15-8-9-22(19-43-45-30(39)40-6)32-29(38)41-31(3,4)5/h8-13,20,22,24-26H,14-19H2,1-7H3,(H,32,38)(H,33,35)(H,36,37)/b9-8+/t22-,24+,25+,26+/m1/s1. The van der Waals surface area contributed by atoms with E-state index in [1.54, 1.807) is 32.5 Å². The van der Waals surface area contributed by atoms with Gasteiger partial charge in [-0.05, 0) is 69.2 Å². The van der Waals surface area contributed by atoms with Crippen LogP contribution in [0.5, 0.6) is 0 Å². The molecule has 1 aliphatic rings. The van der Waals surface area contributed by atoms with Crippen molar-refractivity contribution in [2.24, 2.45) is 0 Å². The molecule has 0 aliphatic carbocycles. The number of nitrogens with one attached hydrogen (secondary N) is 2. The van der Waals surface area contributed by atoms with Crippen LogP contribution in [-0.4, -0.2) is 100 Å². The summed E-state index contributed by atoms with van der Waals surface area (Å²) in [6.45, 7) is 10.7. The molecule has 10 nitrogen and oxygen atoms in total. The van der Waals surface area contributed by atoms with Crippen molar-refractivity contribution in [1.82, 2.24) is 15.5 Å². The SMILES string of the molecule is COC(=O)SSC[C@@H](/C=C/CN1C[C@@H](Sc2ccc(C(C)C)cc2)C[C@H]1C(=O)N[C@@H](CCSC)C(=O)O)NC(=O)OC(C)(C)C. The average molecular weight is 702 g/mol. The van der Waals surface area contributed by atoms with Crippen LogP contribution in [0.1, 0.15) is 58.9 Å². The number of carbonyl (C=O) groups excluding carboxylic acids is 3. The van der Waals surface area contributed by atoms with Crippen LogP contribution in [0.4, 0.5) is 9.59 Å². The molecule has 0 saturated carbocycles. The summed E-state index contributed by atoms with van der Waals surface area (Å²) in [5, 5.41) is 15.0. The third-order valence-electron chi connectivity index (χ3n) is 6.69. The maximum absolute atomic E-state index is 13.5. The lowest BCUT2D eigenvalue weighted by molar-refractivity contribution is -0.142. The van der Waals surface area contributed by atoms with E-state index in [2.05, 4.69) is 53.5 Å². The van der Waals surface area contributed by atoms with Crippen molar-refractivity contribution in [3.63, 3.8) is 0 Å². The van der Waals surface area contributed by atoms with E-state index < -0.39 is 41.1 Å². The summed E-state index contributed by atoms with van der Waals surface area (Å²) in [4.78, 5) is 52.6. The molecule has 1 aromatic carbocycles. The van der Waals surface area contributed by atoms with Crippen molar-refractivity contribution in [2.45, 2.75) is 87.3 Å². The molecule has 4 atom stereocenters. The molecule has 14 heteroatoms. The molecule has 0 radical (unpaired) electrons. The van der Waals surface area contributed by atoms with E-state index in [-0.39, 0.29) is 11.2 Å². The number of carboxylic acid groups (broad SMARTS) is 1. The Morgan fingerprint density at radius 1 is 1.13 bits per heavy atom. The molecule has 0 aromatic heterocycles. The first-order valence-corrected chi connectivity index (χ1v) is 19.4. The summed E-state index contributed by atoms with van der Waals surface area (Å²) in [7, 11) is 3.49. The number of ether oxygens (including phenoxy) is 2. The number of hydrogen-bond donors (Lipinski definition) is 3. The van der Waals surface area contributed by atoms with Crippen molar-refractivity contribution >= 4 is 68.4 Å². The third-order valence-corrected chi connectivity index (χ3v) is 10.6.